The van der Waals surface area contributed by atoms with Gasteiger partial charge in [0.1, 0.15) is 0 Å². The first-order valence-electron chi connectivity index (χ1n) is 5.20. The van der Waals surface area contributed by atoms with Crippen LogP contribution in [0.1, 0.15) is 24.0 Å². The Morgan fingerprint density at radius 3 is 2.76 bits per heavy atom. The minimum Gasteiger partial charge on any atom is -0.492 e. The summed E-state index contributed by atoms with van der Waals surface area (Å²) in [4.78, 5) is 10.4. The number of benzene rings is 1. The van der Waals surface area contributed by atoms with Crippen molar-refractivity contribution in [1.29, 1.82) is 0 Å². The average molecular weight is 305 g/mol. The lowest BCUT2D eigenvalue weighted by atomic mass is 10.0. The third kappa shape index (κ3) is 3.43. The van der Waals surface area contributed by atoms with Crippen molar-refractivity contribution in [2.75, 3.05) is 7.11 Å². The van der Waals surface area contributed by atoms with E-state index in [0.717, 1.165) is 5.56 Å². The molecule has 0 aliphatic carbocycles. The van der Waals surface area contributed by atoms with Gasteiger partial charge in [-0.2, -0.15) is 0 Å². The van der Waals surface area contributed by atoms with E-state index in [0.29, 0.717) is 22.9 Å². The fourth-order valence-corrected chi connectivity index (χ4v) is 2.05. The minimum atomic E-state index is -0.869. The van der Waals surface area contributed by atoms with Crippen molar-refractivity contribution >= 4 is 21.9 Å². The predicted octanol–water partition coefficient (Wildman–Crippen LogP) is 3.31. The molecule has 0 fully saturated rings. The molecule has 0 aromatic heterocycles. The standard InChI is InChI=1S/C12H14BrFO3/c1-7-6-8(4-3-5-9(15)16)11(14)12(17-2)10(7)13/h6H,3-5H2,1-2H3,(H,15,16). The fourth-order valence-electron chi connectivity index (χ4n) is 1.60. The van der Waals surface area contributed by atoms with Gasteiger partial charge in [0.2, 0.25) is 0 Å². The number of carboxylic acids is 1. The van der Waals surface area contributed by atoms with Crippen LogP contribution >= 0.6 is 15.9 Å². The molecule has 0 radical (unpaired) electrons. The van der Waals surface area contributed by atoms with E-state index in [1.165, 1.54) is 7.11 Å². The highest BCUT2D eigenvalue weighted by Crippen LogP contribution is 2.33. The summed E-state index contributed by atoms with van der Waals surface area (Å²) in [6.45, 7) is 1.84. The van der Waals surface area contributed by atoms with Gasteiger partial charge in [-0.05, 0) is 46.8 Å². The molecule has 0 saturated carbocycles. The Kier molecular flexibility index (Phi) is 4.93. The number of hydrogen-bond acceptors (Lipinski definition) is 2. The van der Waals surface area contributed by atoms with Crippen molar-refractivity contribution in [2.45, 2.75) is 26.2 Å². The average Bonchev–Trinajstić information content (AvgIpc) is 2.26. The summed E-state index contributed by atoms with van der Waals surface area (Å²) in [5.74, 6) is -1.11. The van der Waals surface area contributed by atoms with Crippen molar-refractivity contribution in [2.24, 2.45) is 0 Å². The SMILES string of the molecule is COc1c(F)c(CCCC(=O)O)cc(C)c1Br. The molecule has 1 aromatic carbocycles. The van der Waals surface area contributed by atoms with Gasteiger partial charge in [0.05, 0.1) is 11.6 Å². The highest BCUT2D eigenvalue weighted by Gasteiger charge is 2.15. The van der Waals surface area contributed by atoms with Gasteiger partial charge in [-0.1, -0.05) is 6.07 Å². The molecule has 0 bridgehead atoms. The van der Waals surface area contributed by atoms with E-state index in [1.807, 2.05) is 6.92 Å². The number of aryl methyl sites for hydroxylation is 2. The Labute approximate surface area is 108 Å². The van der Waals surface area contributed by atoms with Crippen molar-refractivity contribution in [1.82, 2.24) is 0 Å². The van der Waals surface area contributed by atoms with Gasteiger partial charge in [0, 0.05) is 6.42 Å². The van der Waals surface area contributed by atoms with E-state index in [-0.39, 0.29) is 12.2 Å². The second kappa shape index (κ2) is 6.00. The van der Waals surface area contributed by atoms with Crippen molar-refractivity contribution in [3.8, 4) is 5.75 Å². The van der Waals surface area contributed by atoms with Gasteiger partial charge in [-0.25, -0.2) is 4.39 Å². The predicted molar refractivity (Wildman–Crippen MR) is 66.0 cm³/mol. The molecule has 0 heterocycles. The van der Waals surface area contributed by atoms with Gasteiger partial charge < -0.3 is 9.84 Å². The summed E-state index contributed by atoms with van der Waals surface area (Å²) >= 11 is 3.26. The van der Waals surface area contributed by atoms with E-state index >= 15 is 0 Å². The van der Waals surface area contributed by atoms with Crippen molar-refractivity contribution < 1.29 is 19.0 Å². The number of ether oxygens (including phenoxy) is 1. The molecule has 0 amide bonds. The number of aliphatic carboxylic acids is 1. The largest absolute Gasteiger partial charge is 0.492 e. The van der Waals surface area contributed by atoms with Crippen LogP contribution in [0.5, 0.6) is 5.75 Å². The molecule has 0 aliphatic rings. The number of halogens is 2. The van der Waals surface area contributed by atoms with Gasteiger partial charge in [0.15, 0.2) is 11.6 Å². The molecule has 17 heavy (non-hydrogen) atoms. The lowest BCUT2D eigenvalue weighted by Gasteiger charge is -2.11. The van der Waals surface area contributed by atoms with Crippen LogP contribution in [0, 0.1) is 12.7 Å². The van der Waals surface area contributed by atoms with Crippen LogP contribution in [0.4, 0.5) is 4.39 Å². The van der Waals surface area contributed by atoms with Crippen LogP contribution in [0.15, 0.2) is 10.5 Å². The van der Waals surface area contributed by atoms with Crippen molar-refractivity contribution in [3.05, 3.63) is 27.5 Å². The molecule has 0 unspecified atom stereocenters. The number of carboxylic acid groups (broad SMARTS) is 1. The van der Waals surface area contributed by atoms with Gasteiger partial charge in [0.25, 0.3) is 0 Å². The smallest absolute Gasteiger partial charge is 0.303 e. The highest BCUT2D eigenvalue weighted by atomic mass is 79.9. The maximum absolute atomic E-state index is 13.9. The zero-order valence-electron chi connectivity index (χ0n) is 9.72. The van der Waals surface area contributed by atoms with E-state index in [9.17, 15) is 9.18 Å². The fraction of sp³-hybridized carbons (Fsp3) is 0.417. The summed E-state index contributed by atoms with van der Waals surface area (Å²) < 4.78 is 19.5. The van der Waals surface area contributed by atoms with E-state index < -0.39 is 11.8 Å². The Bertz CT molecular complexity index is 432. The van der Waals surface area contributed by atoms with Crippen LogP contribution in [0.2, 0.25) is 0 Å². The molecular weight excluding hydrogens is 291 g/mol. The third-order valence-electron chi connectivity index (χ3n) is 2.46. The molecule has 0 aliphatic heterocycles. The molecular formula is C12H14BrFO3. The summed E-state index contributed by atoms with van der Waals surface area (Å²) in [5.41, 5.74) is 1.36. The monoisotopic (exact) mass is 304 g/mol. The third-order valence-corrected chi connectivity index (χ3v) is 3.44. The Morgan fingerprint density at radius 1 is 1.59 bits per heavy atom. The lowest BCUT2D eigenvalue weighted by molar-refractivity contribution is -0.137. The topological polar surface area (TPSA) is 46.5 Å². The number of rotatable bonds is 5. The minimum absolute atomic E-state index is 0.0386. The van der Waals surface area contributed by atoms with Gasteiger partial charge >= 0.3 is 5.97 Å². The molecule has 3 nitrogen and oxygen atoms in total. The Morgan fingerprint density at radius 2 is 2.24 bits per heavy atom. The molecule has 0 atom stereocenters. The molecule has 1 N–H and O–H groups in total. The summed E-state index contributed by atoms with van der Waals surface area (Å²) in [6.07, 6.45) is 0.843. The maximum atomic E-state index is 13.9. The lowest BCUT2D eigenvalue weighted by Crippen LogP contribution is -2.01. The number of carbonyl (C=O) groups is 1. The number of methoxy groups -OCH3 is 1. The first kappa shape index (κ1) is 14.0. The quantitative estimate of drug-likeness (QED) is 0.908. The summed E-state index contributed by atoms with van der Waals surface area (Å²) in [7, 11) is 1.41. The summed E-state index contributed by atoms with van der Waals surface area (Å²) in [5, 5.41) is 8.53. The van der Waals surface area contributed by atoms with Crippen LogP contribution in [0.25, 0.3) is 0 Å². The van der Waals surface area contributed by atoms with Crippen LogP contribution in [-0.4, -0.2) is 18.2 Å². The first-order chi connectivity index (χ1) is 7.97. The van der Waals surface area contributed by atoms with Crippen LogP contribution < -0.4 is 4.74 Å². The van der Waals surface area contributed by atoms with Crippen molar-refractivity contribution in [3.63, 3.8) is 0 Å². The van der Waals surface area contributed by atoms with E-state index in [1.54, 1.807) is 6.07 Å². The second-order valence-electron chi connectivity index (χ2n) is 3.76. The van der Waals surface area contributed by atoms with E-state index in [4.69, 9.17) is 9.84 Å². The molecule has 94 valence electrons. The van der Waals surface area contributed by atoms with Crippen LogP contribution in [-0.2, 0) is 11.2 Å². The molecule has 0 spiro atoms. The van der Waals surface area contributed by atoms with E-state index in [2.05, 4.69) is 15.9 Å². The zero-order valence-corrected chi connectivity index (χ0v) is 11.3. The molecule has 1 rings (SSSR count). The highest BCUT2D eigenvalue weighted by molar-refractivity contribution is 9.10. The normalized spacial score (nSPS) is 10.4. The molecule has 1 aromatic rings. The second-order valence-corrected chi connectivity index (χ2v) is 4.55. The Balaban J connectivity index is 2.93. The molecule has 5 heteroatoms. The summed E-state index contributed by atoms with van der Waals surface area (Å²) in [6, 6.07) is 1.71. The molecule has 0 saturated heterocycles. The Hall–Kier alpha value is -1.10. The first-order valence-corrected chi connectivity index (χ1v) is 6.00. The zero-order chi connectivity index (χ0) is 13.0. The maximum Gasteiger partial charge on any atom is 0.303 e. The number of hydrogen-bond donors (Lipinski definition) is 1. The van der Waals surface area contributed by atoms with Gasteiger partial charge in [-0.15, -0.1) is 0 Å². The van der Waals surface area contributed by atoms with Gasteiger partial charge in [-0.3, -0.25) is 4.79 Å². The van der Waals surface area contributed by atoms with Crippen LogP contribution in [0.3, 0.4) is 0 Å².